The van der Waals surface area contributed by atoms with Crippen LogP contribution < -0.4 is 5.32 Å². The van der Waals surface area contributed by atoms with Gasteiger partial charge in [-0.1, -0.05) is 36.4 Å². The Bertz CT molecular complexity index is 775. The first-order valence-electron chi connectivity index (χ1n) is 7.87. The van der Waals surface area contributed by atoms with Crippen molar-refractivity contribution in [3.05, 3.63) is 65.7 Å². The summed E-state index contributed by atoms with van der Waals surface area (Å²) in [6.07, 6.45) is 0.250. The number of carbonyl (C=O) groups excluding carboxylic acids is 3. The smallest absolute Gasteiger partial charge is 0.338 e. The number of ether oxygens (including phenoxy) is 2. The molecule has 2 N–H and O–H groups in total. The van der Waals surface area contributed by atoms with E-state index in [-0.39, 0.29) is 17.7 Å². The van der Waals surface area contributed by atoms with Gasteiger partial charge in [0.15, 0.2) is 6.61 Å². The molecule has 0 fully saturated rings. The van der Waals surface area contributed by atoms with E-state index < -0.39 is 30.5 Å². The van der Waals surface area contributed by atoms with E-state index in [1.807, 2.05) is 30.3 Å². The lowest BCUT2D eigenvalue weighted by atomic mass is 10.1. The molecule has 2 aromatic carbocycles. The van der Waals surface area contributed by atoms with E-state index in [4.69, 9.17) is 9.47 Å². The minimum atomic E-state index is -0.894. The standard InChI is InChI=1S/C19H19NO6/c1-25-19(24)16(10-13-6-3-2-4-7-13)20-17(22)12-26-18(23)14-8-5-9-15(21)11-14/h2-9,11,16,21H,10,12H2,1H3,(H,20,22)/t16-/m0/s1. The normalized spacial score (nSPS) is 11.3. The lowest BCUT2D eigenvalue weighted by Gasteiger charge is -2.16. The third-order valence-corrected chi connectivity index (χ3v) is 3.52. The number of phenols is 1. The van der Waals surface area contributed by atoms with Gasteiger partial charge in [0.25, 0.3) is 5.91 Å². The van der Waals surface area contributed by atoms with Gasteiger partial charge < -0.3 is 19.9 Å². The van der Waals surface area contributed by atoms with Crippen LogP contribution in [-0.4, -0.2) is 42.7 Å². The molecule has 0 aliphatic rings. The topological polar surface area (TPSA) is 102 Å². The first-order chi connectivity index (χ1) is 12.5. The number of phenolic OH excluding ortho intramolecular Hbond substituents is 1. The summed E-state index contributed by atoms with van der Waals surface area (Å²) >= 11 is 0. The number of rotatable bonds is 7. The number of hydrogen-bond donors (Lipinski definition) is 2. The molecule has 2 rings (SSSR count). The van der Waals surface area contributed by atoms with Gasteiger partial charge in [0, 0.05) is 6.42 Å². The van der Waals surface area contributed by atoms with Crippen LogP contribution in [0.5, 0.6) is 5.75 Å². The summed E-state index contributed by atoms with van der Waals surface area (Å²) in [5.41, 5.74) is 0.964. The molecule has 1 atom stereocenters. The number of carbonyl (C=O) groups is 3. The second-order valence-electron chi connectivity index (χ2n) is 5.46. The van der Waals surface area contributed by atoms with E-state index >= 15 is 0 Å². The van der Waals surface area contributed by atoms with Crippen molar-refractivity contribution in [2.45, 2.75) is 12.5 Å². The van der Waals surface area contributed by atoms with E-state index in [9.17, 15) is 19.5 Å². The largest absolute Gasteiger partial charge is 0.508 e. The van der Waals surface area contributed by atoms with Crippen molar-refractivity contribution in [1.82, 2.24) is 5.32 Å². The Morgan fingerprint density at radius 3 is 2.46 bits per heavy atom. The maximum absolute atomic E-state index is 12.0. The Labute approximate surface area is 150 Å². The number of nitrogens with one attached hydrogen (secondary N) is 1. The number of amides is 1. The highest BCUT2D eigenvalue weighted by molar-refractivity contribution is 5.92. The van der Waals surface area contributed by atoms with Crippen LogP contribution >= 0.6 is 0 Å². The molecule has 7 nitrogen and oxygen atoms in total. The molecule has 136 valence electrons. The highest BCUT2D eigenvalue weighted by Gasteiger charge is 2.22. The number of benzene rings is 2. The maximum atomic E-state index is 12.0. The number of methoxy groups -OCH3 is 1. The van der Waals surface area contributed by atoms with E-state index in [1.165, 1.54) is 31.4 Å². The molecule has 26 heavy (non-hydrogen) atoms. The Morgan fingerprint density at radius 2 is 1.81 bits per heavy atom. The highest BCUT2D eigenvalue weighted by Crippen LogP contribution is 2.11. The van der Waals surface area contributed by atoms with Crippen molar-refractivity contribution < 1.29 is 29.0 Å². The van der Waals surface area contributed by atoms with Gasteiger partial charge in [0.1, 0.15) is 11.8 Å². The van der Waals surface area contributed by atoms with Crippen LogP contribution in [-0.2, 0) is 25.5 Å². The van der Waals surface area contributed by atoms with Crippen molar-refractivity contribution >= 4 is 17.8 Å². The number of esters is 2. The van der Waals surface area contributed by atoms with Gasteiger partial charge in [0.05, 0.1) is 12.7 Å². The molecule has 0 aliphatic heterocycles. The van der Waals surface area contributed by atoms with Gasteiger partial charge in [-0.2, -0.15) is 0 Å². The first kappa shape index (κ1) is 19.0. The summed E-state index contributed by atoms with van der Waals surface area (Å²) in [6.45, 7) is -0.559. The van der Waals surface area contributed by atoms with Crippen LogP contribution in [0, 0.1) is 0 Å². The van der Waals surface area contributed by atoms with Crippen molar-refractivity contribution in [3.8, 4) is 5.75 Å². The van der Waals surface area contributed by atoms with Gasteiger partial charge in [-0.25, -0.2) is 9.59 Å². The van der Waals surface area contributed by atoms with Crippen molar-refractivity contribution in [1.29, 1.82) is 0 Å². The summed E-state index contributed by atoms with van der Waals surface area (Å²) in [4.78, 5) is 35.8. The van der Waals surface area contributed by atoms with Crippen LogP contribution in [0.2, 0.25) is 0 Å². The van der Waals surface area contributed by atoms with Crippen LogP contribution in [0.15, 0.2) is 54.6 Å². The predicted octanol–water partition coefficient (Wildman–Crippen LogP) is 1.45. The molecule has 0 aliphatic carbocycles. The maximum Gasteiger partial charge on any atom is 0.338 e. The Kier molecular flexibility index (Phi) is 6.73. The molecule has 0 saturated carbocycles. The summed E-state index contributed by atoms with van der Waals surface area (Å²) in [5.74, 6) is -2.07. The zero-order valence-electron chi connectivity index (χ0n) is 14.2. The molecular weight excluding hydrogens is 338 g/mol. The zero-order valence-corrected chi connectivity index (χ0v) is 14.2. The zero-order chi connectivity index (χ0) is 18.9. The fraction of sp³-hybridized carbons (Fsp3) is 0.211. The van der Waals surface area contributed by atoms with E-state index in [0.29, 0.717) is 0 Å². The molecule has 0 heterocycles. The Balaban J connectivity index is 1.92. The molecular formula is C19H19NO6. The molecule has 0 spiro atoms. The van der Waals surface area contributed by atoms with Gasteiger partial charge in [-0.15, -0.1) is 0 Å². The minimum absolute atomic E-state index is 0.0856. The van der Waals surface area contributed by atoms with Crippen molar-refractivity contribution in [3.63, 3.8) is 0 Å². The van der Waals surface area contributed by atoms with E-state index in [1.54, 1.807) is 0 Å². The lowest BCUT2D eigenvalue weighted by molar-refractivity contribution is -0.145. The second-order valence-corrected chi connectivity index (χ2v) is 5.46. The summed E-state index contributed by atoms with van der Waals surface area (Å²) < 4.78 is 9.60. The van der Waals surface area contributed by atoms with Gasteiger partial charge in [-0.3, -0.25) is 4.79 Å². The summed E-state index contributed by atoms with van der Waals surface area (Å²) in [7, 11) is 1.23. The minimum Gasteiger partial charge on any atom is -0.508 e. The van der Waals surface area contributed by atoms with Crippen LogP contribution in [0.1, 0.15) is 15.9 Å². The quantitative estimate of drug-likeness (QED) is 0.727. The molecule has 0 unspecified atom stereocenters. The second kappa shape index (κ2) is 9.22. The van der Waals surface area contributed by atoms with Gasteiger partial charge in [-0.05, 0) is 23.8 Å². The van der Waals surface area contributed by atoms with Gasteiger partial charge in [0.2, 0.25) is 0 Å². The molecule has 0 saturated heterocycles. The van der Waals surface area contributed by atoms with Gasteiger partial charge >= 0.3 is 11.9 Å². The lowest BCUT2D eigenvalue weighted by Crippen LogP contribution is -2.44. The highest BCUT2D eigenvalue weighted by atomic mass is 16.5. The summed E-state index contributed by atoms with van der Waals surface area (Å²) in [6, 6.07) is 13.8. The average Bonchev–Trinajstić information content (AvgIpc) is 2.65. The van der Waals surface area contributed by atoms with Crippen LogP contribution in [0.3, 0.4) is 0 Å². The molecule has 0 aromatic heterocycles. The van der Waals surface area contributed by atoms with E-state index in [2.05, 4.69) is 5.32 Å². The number of hydrogen-bond acceptors (Lipinski definition) is 6. The third kappa shape index (κ3) is 5.62. The van der Waals surface area contributed by atoms with Crippen LogP contribution in [0.25, 0.3) is 0 Å². The monoisotopic (exact) mass is 357 g/mol. The fourth-order valence-corrected chi connectivity index (χ4v) is 2.27. The molecule has 0 radical (unpaired) electrons. The SMILES string of the molecule is COC(=O)[C@H](Cc1ccccc1)NC(=O)COC(=O)c1cccc(O)c1. The molecule has 1 amide bonds. The van der Waals surface area contributed by atoms with Crippen molar-refractivity contribution in [2.75, 3.05) is 13.7 Å². The first-order valence-corrected chi connectivity index (χ1v) is 7.87. The third-order valence-electron chi connectivity index (χ3n) is 3.52. The average molecular weight is 357 g/mol. The Hall–Kier alpha value is -3.35. The Morgan fingerprint density at radius 1 is 1.08 bits per heavy atom. The van der Waals surface area contributed by atoms with Crippen molar-refractivity contribution in [2.24, 2.45) is 0 Å². The molecule has 0 bridgehead atoms. The van der Waals surface area contributed by atoms with Crippen LogP contribution in [0.4, 0.5) is 0 Å². The number of aromatic hydroxyl groups is 1. The van der Waals surface area contributed by atoms with E-state index in [0.717, 1.165) is 5.56 Å². The fourth-order valence-electron chi connectivity index (χ4n) is 2.27. The molecule has 7 heteroatoms. The molecule has 2 aromatic rings. The summed E-state index contributed by atoms with van der Waals surface area (Å²) in [5, 5.41) is 11.8. The predicted molar refractivity (Wildman–Crippen MR) is 92.5 cm³/mol.